The van der Waals surface area contributed by atoms with Crippen LogP contribution in [0.15, 0.2) is 134 Å². The van der Waals surface area contributed by atoms with Crippen LogP contribution in [0.25, 0.3) is 0 Å². The number of anilines is 2. The van der Waals surface area contributed by atoms with Gasteiger partial charge in [0.15, 0.2) is 23.0 Å². The summed E-state index contributed by atoms with van der Waals surface area (Å²) in [5.74, 6) is -0.414. The lowest BCUT2D eigenvalue weighted by Crippen LogP contribution is -2.56. The summed E-state index contributed by atoms with van der Waals surface area (Å²) in [5, 5.41) is 12.1. The Morgan fingerprint density at radius 3 is 1.31 bits per heavy atom. The summed E-state index contributed by atoms with van der Waals surface area (Å²) in [4.78, 5) is 94.9. The number of piperazine rings is 2. The molecule has 4 aliphatic heterocycles. The number of carbonyl (C=O) groups is 6. The van der Waals surface area contributed by atoms with Crippen molar-refractivity contribution in [3.63, 3.8) is 0 Å². The number of hydrogen-bond acceptors (Lipinski definition) is 17. The topological polar surface area (TPSA) is 232 Å². The van der Waals surface area contributed by atoms with Gasteiger partial charge in [-0.2, -0.15) is 0 Å². The molecule has 4 atom stereocenters. The average Bonchev–Trinajstić information content (AvgIpc) is 4.43. The number of likely N-dealkylation sites (tertiary alicyclic amines) is 1. The van der Waals surface area contributed by atoms with Crippen LogP contribution >= 0.6 is 0 Å². The number of nitrogens with one attached hydrogen (secondary N) is 1. The Morgan fingerprint density at radius 2 is 0.904 bits per heavy atom. The zero-order chi connectivity index (χ0) is 59.0. The number of ether oxygens (including phenoxy) is 6. The van der Waals surface area contributed by atoms with E-state index in [0.717, 1.165) is 56.3 Å². The van der Waals surface area contributed by atoms with Crippen LogP contribution in [-0.2, 0) is 19.2 Å². The molecule has 0 bridgehead atoms. The van der Waals surface area contributed by atoms with Crippen LogP contribution in [0.3, 0.4) is 0 Å². The molecule has 3 amide bonds. The number of methoxy groups -OCH3 is 6. The molecule has 0 spiro atoms. The van der Waals surface area contributed by atoms with Crippen molar-refractivity contribution in [2.75, 3.05) is 118 Å². The highest BCUT2D eigenvalue weighted by molar-refractivity contribution is 6.43. The maximum atomic E-state index is 14.1. The van der Waals surface area contributed by atoms with E-state index < -0.39 is 29.5 Å². The fourth-order valence-electron chi connectivity index (χ4n) is 11.0. The second-order valence-electron chi connectivity index (χ2n) is 19.8. The van der Waals surface area contributed by atoms with Crippen LogP contribution in [0, 0.1) is 0 Å². The second kappa shape index (κ2) is 28.4. The Bertz CT molecular complexity index is 3130. The highest BCUT2D eigenvalue weighted by Gasteiger charge is 2.46. The molecule has 4 saturated heterocycles. The van der Waals surface area contributed by atoms with Crippen LogP contribution in [-0.4, -0.2) is 185 Å². The molecule has 6 heterocycles. The number of Topliss-reactive ketones (excluding diaryl/α,β-unsaturated/α-hetero) is 2. The molecular formula is C62H70N8O13. The van der Waals surface area contributed by atoms with Gasteiger partial charge in [-0.05, 0) is 79.0 Å². The number of nitrogens with zero attached hydrogens (tertiary/aromatic N) is 7. The summed E-state index contributed by atoms with van der Waals surface area (Å²) in [6.45, 7) is 6.64. The zero-order valence-corrected chi connectivity index (χ0v) is 47.5. The first kappa shape index (κ1) is 59.9. The van der Waals surface area contributed by atoms with Gasteiger partial charge in [0.05, 0.1) is 48.7 Å². The molecular weight excluding hydrogens is 1060 g/mol. The van der Waals surface area contributed by atoms with Crippen molar-refractivity contribution in [1.82, 2.24) is 30.0 Å². The van der Waals surface area contributed by atoms with E-state index in [-0.39, 0.29) is 63.8 Å². The number of rotatable bonds is 16. The highest BCUT2D eigenvalue weighted by Crippen LogP contribution is 2.41. The van der Waals surface area contributed by atoms with E-state index in [1.165, 1.54) is 77.4 Å². The monoisotopic (exact) mass is 1130 g/mol. The maximum Gasteiger partial charge on any atom is 0.377 e. The molecule has 21 heteroatoms. The van der Waals surface area contributed by atoms with E-state index in [9.17, 15) is 28.8 Å². The van der Waals surface area contributed by atoms with Crippen molar-refractivity contribution >= 4 is 46.9 Å². The summed E-state index contributed by atoms with van der Waals surface area (Å²) >= 11 is 0. The third kappa shape index (κ3) is 13.9. The molecule has 21 nitrogen and oxygen atoms in total. The largest absolute Gasteiger partial charge is 0.493 e. The van der Waals surface area contributed by atoms with E-state index >= 15 is 0 Å². The maximum absolute atomic E-state index is 14.1. The third-order valence-corrected chi connectivity index (χ3v) is 15.2. The number of carbonyl (C=O) groups excluding carboxylic acids is 5. The fraction of sp³-hybridized carbons (Fsp3) is 0.355. The van der Waals surface area contributed by atoms with Crippen molar-refractivity contribution in [3.05, 3.63) is 156 Å². The lowest BCUT2D eigenvalue weighted by molar-refractivity contribution is -0.142. The number of hydrogen-bond donors (Lipinski definition) is 2. The Morgan fingerprint density at radius 1 is 0.482 bits per heavy atom. The van der Waals surface area contributed by atoms with Gasteiger partial charge in [0.1, 0.15) is 17.7 Å². The molecule has 4 aliphatic rings. The Hall–Kier alpha value is -9.24. The molecule has 10 rings (SSSR count). The van der Waals surface area contributed by atoms with Crippen LogP contribution in [0.2, 0.25) is 0 Å². The van der Waals surface area contributed by atoms with Crippen LogP contribution in [0.5, 0.6) is 34.5 Å². The Kier molecular flexibility index (Phi) is 20.5. The van der Waals surface area contributed by atoms with Crippen molar-refractivity contribution in [3.8, 4) is 34.5 Å². The molecule has 2 N–H and O–H groups in total. The molecule has 0 unspecified atom stereocenters. The molecule has 4 fully saturated rings. The lowest BCUT2D eigenvalue weighted by Gasteiger charge is -2.38. The number of amides is 3. The molecule has 0 aliphatic carbocycles. The van der Waals surface area contributed by atoms with Gasteiger partial charge in [0.2, 0.25) is 23.3 Å². The van der Waals surface area contributed by atoms with E-state index in [1.807, 2.05) is 83.9 Å². The van der Waals surface area contributed by atoms with Crippen molar-refractivity contribution in [1.29, 1.82) is 0 Å². The number of benzene rings is 4. The minimum atomic E-state index is -1.54. The Balaban J connectivity index is 0.000000181. The summed E-state index contributed by atoms with van der Waals surface area (Å²) in [6.07, 6.45) is 5.17. The van der Waals surface area contributed by atoms with Crippen molar-refractivity contribution < 1.29 is 62.3 Å². The van der Waals surface area contributed by atoms with Crippen LogP contribution in [0.4, 0.5) is 11.6 Å². The van der Waals surface area contributed by atoms with Gasteiger partial charge in [0, 0.05) is 94.3 Å². The predicted octanol–water partition coefficient (Wildman–Crippen LogP) is 5.88. The van der Waals surface area contributed by atoms with Gasteiger partial charge in [0.25, 0.3) is 17.5 Å². The first-order valence-corrected chi connectivity index (χ1v) is 27.3. The standard InChI is InChI=1S/C31H34N4O6.C20H24N4O.C11H12O6/c1-39-24-19-22(20-25(40-2)29(24)41-3)28(36)31(38)35-14-12-23(21-9-5-4-6-10-21)27(35)30(37)34-17-15-33(16-18-34)26-11-7-8-13-32-26;25-20(19-17(9-11-22-19)16-6-2-1-3-7-16)24-14-12-23(13-15-24)18-8-4-5-10-21-18;1-15-7-4-6(9(12)11(13)14)5-8(16-2)10(7)17-3/h4-11,13,19-20,23,27H,12,14-18H2,1-3H3;1-8,10,17,19,22H,9,11-15H2;4-5H,1-3H3,(H,13,14)/t23-,27+;17-,19+;/m11./s1. The van der Waals surface area contributed by atoms with E-state index in [2.05, 4.69) is 49.4 Å². The van der Waals surface area contributed by atoms with E-state index in [1.54, 1.807) is 11.1 Å². The molecule has 436 valence electrons. The minimum absolute atomic E-state index is 0.0352. The first-order chi connectivity index (χ1) is 40.3. The lowest BCUT2D eigenvalue weighted by atomic mass is 9.90. The molecule has 0 radical (unpaired) electrons. The smallest absolute Gasteiger partial charge is 0.377 e. The van der Waals surface area contributed by atoms with E-state index in [4.69, 9.17) is 33.5 Å². The number of ketones is 2. The average molecular weight is 1140 g/mol. The molecule has 0 saturated carbocycles. The minimum Gasteiger partial charge on any atom is -0.493 e. The molecule has 83 heavy (non-hydrogen) atoms. The summed E-state index contributed by atoms with van der Waals surface area (Å²) < 4.78 is 31.2. The summed E-state index contributed by atoms with van der Waals surface area (Å²) in [6, 6.07) is 36.5. The van der Waals surface area contributed by atoms with Gasteiger partial charge in [-0.15, -0.1) is 0 Å². The van der Waals surface area contributed by atoms with Crippen LogP contribution in [0.1, 0.15) is 56.5 Å². The number of aromatic nitrogens is 2. The highest BCUT2D eigenvalue weighted by atomic mass is 16.5. The van der Waals surface area contributed by atoms with Crippen molar-refractivity contribution in [2.45, 2.75) is 36.8 Å². The second-order valence-corrected chi connectivity index (χ2v) is 19.8. The van der Waals surface area contributed by atoms with Crippen molar-refractivity contribution in [2.24, 2.45) is 0 Å². The van der Waals surface area contributed by atoms with Gasteiger partial charge >= 0.3 is 5.97 Å². The third-order valence-electron chi connectivity index (χ3n) is 15.2. The number of aliphatic carboxylic acids is 1. The predicted molar refractivity (Wildman–Crippen MR) is 309 cm³/mol. The van der Waals surface area contributed by atoms with Gasteiger partial charge in [-0.25, -0.2) is 14.8 Å². The number of carboxylic acids is 1. The fourth-order valence-corrected chi connectivity index (χ4v) is 11.0. The summed E-state index contributed by atoms with van der Waals surface area (Å²) in [7, 11) is 8.53. The molecule has 2 aromatic heterocycles. The normalized spacial score (nSPS) is 18.3. The van der Waals surface area contributed by atoms with Crippen LogP contribution < -0.4 is 43.5 Å². The number of carboxylic acid groups (broad SMARTS) is 1. The summed E-state index contributed by atoms with van der Waals surface area (Å²) in [5.41, 5.74) is 2.29. The zero-order valence-electron chi connectivity index (χ0n) is 47.5. The molecule has 6 aromatic rings. The number of pyridine rings is 2. The van der Waals surface area contributed by atoms with E-state index in [0.29, 0.717) is 50.6 Å². The van der Waals surface area contributed by atoms with Gasteiger partial charge in [-0.3, -0.25) is 24.0 Å². The first-order valence-electron chi connectivity index (χ1n) is 27.3. The Labute approximate surface area is 482 Å². The SMILES string of the molecule is COc1cc(C(=O)C(=O)N2CC[C@H](c3ccccc3)[C@H]2C(=O)N2CCN(c3ccccn3)CC2)cc(OC)c1OC.COc1cc(C(=O)C(=O)O)cc(OC)c1OC.O=C([C@H]1NCC[C@@H]1c1ccccc1)N1CCN(c2ccccn2)CC1. The molecule has 4 aromatic carbocycles. The quantitative estimate of drug-likeness (QED) is 0.0851. The van der Waals surface area contributed by atoms with Gasteiger partial charge in [-0.1, -0.05) is 72.8 Å². The van der Waals surface area contributed by atoms with Gasteiger partial charge < -0.3 is 63.3 Å².